The summed E-state index contributed by atoms with van der Waals surface area (Å²) in [6.45, 7) is 5.03. The van der Waals surface area contributed by atoms with Gasteiger partial charge in [0, 0.05) is 19.6 Å². The molecule has 0 aromatic carbocycles. The van der Waals surface area contributed by atoms with E-state index < -0.39 is 0 Å². The van der Waals surface area contributed by atoms with E-state index in [1.54, 1.807) is 20.3 Å². The molecule has 1 N–H and O–H groups in total. The van der Waals surface area contributed by atoms with Crippen LogP contribution in [0.3, 0.4) is 0 Å². The predicted octanol–water partition coefficient (Wildman–Crippen LogP) is 0.682. The van der Waals surface area contributed by atoms with Gasteiger partial charge in [-0.15, -0.1) is 0 Å². The highest BCUT2D eigenvalue weighted by molar-refractivity contribution is 5.38. The normalized spacial score (nSPS) is 15.1. The van der Waals surface area contributed by atoms with Crippen LogP contribution in [-0.2, 0) is 0 Å². The minimum Gasteiger partial charge on any atom is -0.481 e. The molecule has 6 heteroatoms. The van der Waals surface area contributed by atoms with Crippen molar-refractivity contribution < 1.29 is 9.47 Å². The summed E-state index contributed by atoms with van der Waals surface area (Å²) in [5.74, 6) is 1.75. The fourth-order valence-corrected chi connectivity index (χ4v) is 1.91. The Labute approximate surface area is 107 Å². The number of ether oxygens (including phenoxy) is 2. The van der Waals surface area contributed by atoms with Crippen LogP contribution in [0, 0.1) is 0 Å². The number of methoxy groups -OCH3 is 2. The number of nitrogens with one attached hydrogen (secondary N) is 1. The lowest BCUT2D eigenvalue weighted by Crippen LogP contribution is -2.58. The SMILES string of the molecule is CCCN(c1nc(OC)cc(OC)n1)C1CNC1. The Hall–Kier alpha value is -1.56. The summed E-state index contributed by atoms with van der Waals surface area (Å²) in [5.41, 5.74) is 0. The van der Waals surface area contributed by atoms with Crippen molar-refractivity contribution >= 4 is 5.95 Å². The minimum absolute atomic E-state index is 0.460. The molecule has 0 atom stereocenters. The molecule has 1 aromatic heterocycles. The van der Waals surface area contributed by atoms with Crippen molar-refractivity contribution in [3.05, 3.63) is 6.07 Å². The Kier molecular flexibility index (Phi) is 4.19. The first kappa shape index (κ1) is 12.9. The van der Waals surface area contributed by atoms with E-state index >= 15 is 0 Å². The molecule has 0 aliphatic carbocycles. The summed E-state index contributed by atoms with van der Waals surface area (Å²) >= 11 is 0. The molecule has 100 valence electrons. The van der Waals surface area contributed by atoms with E-state index in [0.717, 1.165) is 26.1 Å². The molecule has 18 heavy (non-hydrogen) atoms. The third-order valence-corrected chi connectivity index (χ3v) is 3.01. The van der Waals surface area contributed by atoms with Crippen LogP contribution in [0.5, 0.6) is 11.8 Å². The molecule has 0 saturated carbocycles. The van der Waals surface area contributed by atoms with Gasteiger partial charge in [0.2, 0.25) is 17.7 Å². The molecule has 0 spiro atoms. The monoisotopic (exact) mass is 252 g/mol. The lowest BCUT2D eigenvalue weighted by Gasteiger charge is -2.38. The maximum Gasteiger partial charge on any atom is 0.232 e. The molecule has 1 saturated heterocycles. The van der Waals surface area contributed by atoms with Crippen LogP contribution in [0.25, 0.3) is 0 Å². The molecule has 0 amide bonds. The van der Waals surface area contributed by atoms with E-state index in [9.17, 15) is 0 Å². The molecule has 2 heterocycles. The van der Waals surface area contributed by atoms with Crippen molar-refractivity contribution in [1.29, 1.82) is 0 Å². The van der Waals surface area contributed by atoms with Crippen LogP contribution < -0.4 is 19.7 Å². The Morgan fingerprint density at radius 2 is 1.89 bits per heavy atom. The fraction of sp³-hybridized carbons (Fsp3) is 0.667. The van der Waals surface area contributed by atoms with Gasteiger partial charge in [-0.3, -0.25) is 0 Å². The second-order valence-corrected chi connectivity index (χ2v) is 4.26. The molecule has 0 bridgehead atoms. The summed E-state index contributed by atoms with van der Waals surface area (Å²) in [7, 11) is 3.20. The second-order valence-electron chi connectivity index (χ2n) is 4.26. The summed E-state index contributed by atoms with van der Waals surface area (Å²) < 4.78 is 10.4. The largest absolute Gasteiger partial charge is 0.481 e. The van der Waals surface area contributed by atoms with Gasteiger partial charge in [0.25, 0.3) is 0 Å². The van der Waals surface area contributed by atoms with E-state index in [4.69, 9.17) is 9.47 Å². The van der Waals surface area contributed by atoms with E-state index in [1.165, 1.54) is 0 Å². The average molecular weight is 252 g/mol. The number of nitrogens with zero attached hydrogens (tertiary/aromatic N) is 3. The summed E-state index contributed by atoms with van der Waals surface area (Å²) in [4.78, 5) is 11.0. The molecule has 1 aromatic rings. The lowest BCUT2D eigenvalue weighted by molar-refractivity contribution is 0.365. The van der Waals surface area contributed by atoms with Gasteiger partial charge in [-0.2, -0.15) is 9.97 Å². The molecular weight excluding hydrogens is 232 g/mol. The predicted molar refractivity (Wildman–Crippen MR) is 69.4 cm³/mol. The summed E-state index contributed by atoms with van der Waals surface area (Å²) in [6, 6.07) is 2.15. The average Bonchev–Trinajstić information content (AvgIpc) is 2.35. The molecule has 6 nitrogen and oxygen atoms in total. The van der Waals surface area contributed by atoms with Crippen LogP contribution in [0.4, 0.5) is 5.95 Å². The van der Waals surface area contributed by atoms with Gasteiger partial charge in [-0.25, -0.2) is 0 Å². The molecule has 1 fully saturated rings. The third-order valence-electron chi connectivity index (χ3n) is 3.01. The van der Waals surface area contributed by atoms with Crippen molar-refractivity contribution in [2.75, 3.05) is 38.8 Å². The molecular formula is C12H20N4O2. The van der Waals surface area contributed by atoms with Gasteiger partial charge < -0.3 is 19.7 Å². The molecule has 1 aliphatic rings. The van der Waals surface area contributed by atoms with Gasteiger partial charge in [-0.05, 0) is 6.42 Å². The molecule has 2 rings (SSSR count). The Balaban J connectivity index is 2.26. The van der Waals surface area contributed by atoms with Crippen LogP contribution in [0.15, 0.2) is 6.07 Å². The Morgan fingerprint density at radius 3 is 2.28 bits per heavy atom. The van der Waals surface area contributed by atoms with Crippen molar-refractivity contribution in [2.45, 2.75) is 19.4 Å². The number of anilines is 1. The van der Waals surface area contributed by atoms with Crippen LogP contribution >= 0.6 is 0 Å². The van der Waals surface area contributed by atoms with Crippen molar-refractivity contribution in [3.63, 3.8) is 0 Å². The van der Waals surface area contributed by atoms with E-state index in [2.05, 4.69) is 27.1 Å². The number of hydrogen-bond donors (Lipinski definition) is 1. The highest BCUT2D eigenvalue weighted by Crippen LogP contribution is 2.22. The second kappa shape index (κ2) is 5.86. The van der Waals surface area contributed by atoms with E-state index in [-0.39, 0.29) is 0 Å². The zero-order valence-electron chi connectivity index (χ0n) is 11.1. The van der Waals surface area contributed by atoms with E-state index in [1.807, 2.05) is 0 Å². The smallest absolute Gasteiger partial charge is 0.232 e. The van der Waals surface area contributed by atoms with Crippen molar-refractivity contribution in [1.82, 2.24) is 15.3 Å². The molecule has 1 aliphatic heterocycles. The fourth-order valence-electron chi connectivity index (χ4n) is 1.91. The van der Waals surface area contributed by atoms with Gasteiger partial charge in [0.1, 0.15) is 0 Å². The standard InChI is InChI=1S/C12H20N4O2/c1-4-5-16(9-7-13-8-9)12-14-10(17-2)6-11(15-12)18-3/h6,9,13H,4-5,7-8H2,1-3H3. The number of hydrogen-bond acceptors (Lipinski definition) is 6. The van der Waals surface area contributed by atoms with Crippen molar-refractivity contribution in [3.8, 4) is 11.8 Å². The number of rotatable bonds is 6. The zero-order valence-corrected chi connectivity index (χ0v) is 11.1. The van der Waals surface area contributed by atoms with Crippen LogP contribution in [0.1, 0.15) is 13.3 Å². The lowest BCUT2D eigenvalue weighted by atomic mass is 10.1. The summed E-state index contributed by atoms with van der Waals surface area (Å²) in [5, 5.41) is 3.27. The quantitative estimate of drug-likeness (QED) is 0.803. The topological polar surface area (TPSA) is 59.5 Å². The summed E-state index contributed by atoms with van der Waals surface area (Å²) in [6.07, 6.45) is 1.05. The maximum atomic E-state index is 5.18. The van der Waals surface area contributed by atoms with Gasteiger partial charge >= 0.3 is 0 Å². The van der Waals surface area contributed by atoms with Gasteiger partial charge in [0.15, 0.2) is 0 Å². The van der Waals surface area contributed by atoms with Crippen LogP contribution in [0.2, 0.25) is 0 Å². The maximum absolute atomic E-state index is 5.18. The molecule has 0 unspecified atom stereocenters. The van der Waals surface area contributed by atoms with Crippen LogP contribution in [-0.4, -0.2) is 49.9 Å². The Morgan fingerprint density at radius 1 is 1.28 bits per heavy atom. The Bertz CT molecular complexity index is 373. The first-order chi connectivity index (χ1) is 8.78. The zero-order chi connectivity index (χ0) is 13.0. The third kappa shape index (κ3) is 2.64. The highest BCUT2D eigenvalue weighted by Gasteiger charge is 2.26. The van der Waals surface area contributed by atoms with Crippen molar-refractivity contribution in [2.24, 2.45) is 0 Å². The first-order valence-electron chi connectivity index (χ1n) is 6.23. The minimum atomic E-state index is 0.460. The molecule has 0 radical (unpaired) electrons. The number of aromatic nitrogens is 2. The van der Waals surface area contributed by atoms with Gasteiger partial charge in [0.05, 0.1) is 26.3 Å². The first-order valence-corrected chi connectivity index (χ1v) is 6.23. The highest BCUT2D eigenvalue weighted by atomic mass is 16.5. The van der Waals surface area contributed by atoms with E-state index in [0.29, 0.717) is 23.8 Å². The van der Waals surface area contributed by atoms with Gasteiger partial charge in [-0.1, -0.05) is 6.92 Å².